The molecule has 0 amide bonds. The molecule has 1 aromatic heterocycles. The summed E-state index contributed by atoms with van der Waals surface area (Å²) in [6.45, 7) is 8.87. The standard InChI is InChI=1S/C24H27F3OS/c1-4-18(2)19(3)8-5-6-16-28-17-7-9-22-14-15-23(29-22)20-10-12-21(13-11-20)24(25,26)27/h5-6,8,10-16,19H,2,4,7,9,17H2,1,3H3/b8-5?,16-6+. The number of alkyl halides is 3. The van der Waals surface area contributed by atoms with Crippen LogP contribution in [0.4, 0.5) is 13.2 Å². The van der Waals surface area contributed by atoms with Gasteiger partial charge in [-0.2, -0.15) is 13.2 Å². The minimum absolute atomic E-state index is 0.363. The summed E-state index contributed by atoms with van der Waals surface area (Å²) in [5.41, 5.74) is 1.39. The van der Waals surface area contributed by atoms with E-state index in [0.29, 0.717) is 12.5 Å². The molecule has 1 aromatic carbocycles. The van der Waals surface area contributed by atoms with Crippen LogP contribution in [-0.2, 0) is 17.3 Å². The van der Waals surface area contributed by atoms with Crippen LogP contribution in [0.3, 0.4) is 0 Å². The second-order valence-electron chi connectivity index (χ2n) is 6.83. The van der Waals surface area contributed by atoms with Crippen LogP contribution < -0.4 is 0 Å². The predicted molar refractivity (Wildman–Crippen MR) is 116 cm³/mol. The van der Waals surface area contributed by atoms with Crippen LogP contribution >= 0.6 is 11.3 Å². The second-order valence-corrected chi connectivity index (χ2v) is 8.00. The van der Waals surface area contributed by atoms with Gasteiger partial charge >= 0.3 is 6.18 Å². The number of rotatable bonds is 10. The lowest BCUT2D eigenvalue weighted by molar-refractivity contribution is -0.137. The predicted octanol–water partition coefficient (Wildman–Crippen LogP) is 8.06. The molecule has 2 rings (SSSR count). The van der Waals surface area contributed by atoms with E-state index < -0.39 is 11.7 Å². The first-order valence-electron chi connectivity index (χ1n) is 9.70. The fraction of sp³-hybridized carbons (Fsp3) is 0.333. The molecule has 0 saturated heterocycles. The molecular weight excluding hydrogens is 393 g/mol. The molecule has 1 heterocycles. The highest BCUT2D eigenvalue weighted by molar-refractivity contribution is 7.15. The van der Waals surface area contributed by atoms with E-state index in [2.05, 4.69) is 26.5 Å². The summed E-state index contributed by atoms with van der Waals surface area (Å²) in [6.07, 6.45) is 6.08. The van der Waals surface area contributed by atoms with Gasteiger partial charge in [-0.15, -0.1) is 11.3 Å². The number of hydrogen-bond acceptors (Lipinski definition) is 2. The van der Waals surface area contributed by atoms with Gasteiger partial charge < -0.3 is 4.74 Å². The lowest BCUT2D eigenvalue weighted by Crippen LogP contribution is -2.03. The Morgan fingerprint density at radius 1 is 1.14 bits per heavy atom. The maximum absolute atomic E-state index is 12.7. The Hall–Kier alpha value is -2.27. The fourth-order valence-corrected chi connectivity index (χ4v) is 3.73. The highest BCUT2D eigenvalue weighted by Gasteiger charge is 2.29. The van der Waals surface area contributed by atoms with Gasteiger partial charge in [-0.05, 0) is 61.1 Å². The van der Waals surface area contributed by atoms with Gasteiger partial charge in [0.25, 0.3) is 0 Å². The molecule has 1 atom stereocenters. The Kier molecular flexibility index (Phi) is 8.77. The van der Waals surface area contributed by atoms with Gasteiger partial charge in [0.1, 0.15) is 0 Å². The number of halogens is 3. The molecule has 1 unspecified atom stereocenters. The van der Waals surface area contributed by atoms with Crippen LogP contribution in [0, 0.1) is 5.92 Å². The van der Waals surface area contributed by atoms with E-state index in [1.807, 2.05) is 24.3 Å². The highest BCUT2D eigenvalue weighted by Crippen LogP contribution is 2.33. The lowest BCUT2D eigenvalue weighted by atomic mass is 10.0. The number of benzene rings is 1. The number of hydrogen-bond donors (Lipinski definition) is 0. The van der Waals surface area contributed by atoms with E-state index >= 15 is 0 Å². The highest BCUT2D eigenvalue weighted by atomic mass is 32.1. The molecule has 5 heteroatoms. The van der Waals surface area contributed by atoms with Crippen LogP contribution in [0.25, 0.3) is 10.4 Å². The molecule has 0 radical (unpaired) electrons. The van der Waals surface area contributed by atoms with Crippen molar-refractivity contribution < 1.29 is 17.9 Å². The van der Waals surface area contributed by atoms with Gasteiger partial charge in [-0.25, -0.2) is 0 Å². The molecule has 0 aliphatic rings. The Labute approximate surface area is 175 Å². The van der Waals surface area contributed by atoms with Gasteiger partial charge in [0.05, 0.1) is 18.4 Å². The van der Waals surface area contributed by atoms with Crippen LogP contribution in [0.5, 0.6) is 0 Å². The zero-order chi connectivity index (χ0) is 21.3. The third kappa shape index (κ3) is 7.58. The van der Waals surface area contributed by atoms with Crippen LogP contribution in [0.2, 0.25) is 0 Å². The minimum atomic E-state index is -4.30. The summed E-state index contributed by atoms with van der Waals surface area (Å²) in [7, 11) is 0. The molecule has 0 spiro atoms. The zero-order valence-electron chi connectivity index (χ0n) is 16.8. The average Bonchev–Trinajstić information content (AvgIpc) is 3.17. The Balaban J connectivity index is 1.74. The van der Waals surface area contributed by atoms with E-state index in [9.17, 15) is 13.2 Å². The van der Waals surface area contributed by atoms with E-state index in [1.165, 1.54) is 22.6 Å². The SMILES string of the molecule is C=C(CC)C(C)C=C/C=C/OCCCc1ccc(-c2ccc(C(F)(F)F)cc2)s1. The molecule has 156 valence electrons. The van der Waals surface area contributed by atoms with Crippen molar-refractivity contribution in [2.24, 2.45) is 5.92 Å². The molecule has 0 bridgehead atoms. The average molecular weight is 421 g/mol. The van der Waals surface area contributed by atoms with Gasteiger partial charge in [0, 0.05) is 9.75 Å². The van der Waals surface area contributed by atoms with E-state index in [4.69, 9.17) is 4.74 Å². The number of ether oxygens (including phenoxy) is 1. The minimum Gasteiger partial charge on any atom is -0.501 e. The molecule has 0 aliphatic heterocycles. The van der Waals surface area contributed by atoms with Crippen molar-refractivity contribution in [3.05, 3.63) is 83.5 Å². The first-order chi connectivity index (χ1) is 13.8. The molecule has 0 saturated carbocycles. The van der Waals surface area contributed by atoms with Crippen molar-refractivity contribution >= 4 is 11.3 Å². The Bertz CT molecular complexity index is 829. The Morgan fingerprint density at radius 2 is 1.86 bits per heavy atom. The first-order valence-corrected chi connectivity index (χ1v) is 10.5. The van der Waals surface area contributed by atoms with Gasteiger partial charge in [-0.1, -0.05) is 50.3 Å². The van der Waals surface area contributed by atoms with Crippen molar-refractivity contribution in [3.8, 4) is 10.4 Å². The third-order valence-electron chi connectivity index (χ3n) is 4.63. The van der Waals surface area contributed by atoms with Crippen molar-refractivity contribution in [1.29, 1.82) is 0 Å². The summed E-state index contributed by atoms with van der Waals surface area (Å²) in [4.78, 5) is 2.17. The quantitative estimate of drug-likeness (QED) is 0.163. The van der Waals surface area contributed by atoms with Crippen molar-refractivity contribution in [3.63, 3.8) is 0 Å². The zero-order valence-corrected chi connectivity index (χ0v) is 17.7. The van der Waals surface area contributed by atoms with E-state index in [1.54, 1.807) is 17.6 Å². The second kappa shape index (κ2) is 11.1. The van der Waals surface area contributed by atoms with Gasteiger partial charge in [-0.3, -0.25) is 0 Å². The molecular formula is C24H27F3OS. The summed E-state index contributed by atoms with van der Waals surface area (Å²) in [5.74, 6) is 0.363. The number of thiophene rings is 1. The topological polar surface area (TPSA) is 9.23 Å². The number of aryl methyl sites for hydroxylation is 1. The first kappa shape index (κ1) is 23.0. The fourth-order valence-electron chi connectivity index (χ4n) is 2.68. The summed E-state index contributed by atoms with van der Waals surface area (Å²) in [6, 6.07) is 9.29. The molecule has 0 N–H and O–H groups in total. The normalized spacial score (nSPS) is 13.3. The van der Waals surface area contributed by atoms with Gasteiger partial charge in [0.2, 0.25) is 0 Å². The van der Waals surface area contributed by atoms with E-state index in [-0.39, 0.29) is 0 Å². The van der Waals surface area contributed by atoms with Crippen molar-refractivity contribution in [1.82, 2.24) is 0 Å². The van der Waals surface area contributed by atoms with E-state index in [0.717, 1.165) is 41.8 Å². The summed E-state index contributed by atoms with van der Waals surface area (Å²) >= 11 is 1.60. The summed E-state index contributed by atoms with van der Waals surface area (Å²) in [5, 5.41) is 0. The Morgan fingerprint density at radius 3 is 2.52 bits per heavy atom. The maximum atomic E-state index is 12.7. The number of allylic oxidation sites excluding steroid dienone is 4. The largest absolute Gasteiger partial charge is 0.501 e. The molecule has 2 aromatic rings. The van der Waals surface area contributed by atoms with Crippen LogP contribution in [0.15, 0.2) is 73.0 Å². The maximum Gasteiger partial charge on any atom is 0.416 e. The van der Waals surface area contributed by atoms with Crippen molar-refractivity contribution in [2.45, 2.75) is 39.3 Å². The molecule has 1 nitrogen and oxygen atoms in total. The van der Waals surface area contributed by atoms with Crippen LogP contribution in [-0.4, -0.2) is 6.61 Å². The lowest BCUT2D eigenvalue weighted by Gasteiger charge is -2.06. The van der Waals surface area contributed by atoms with Crippen LogP contribution in [0.1, 0.15) is 37.1 Å². The smallest absolute Gasteiger partial charge is 0.416 e. The molecule has 0 fully saturated rings. The molecule has 0 aliphatic carbocycles. The van der Waals surface area contributed by atoms with Gasteiger partial charge in [0.15, 0.2) is 0 Å². The molecule has 29 heavy (non-hydrogen) atoms. The third-order valence-corrected chi connectivity index (χ3v) is 5.82. The monoisotopic (exact) mass is 420 g/mol. The van der Waals surface area contributed by atoms with Crippen molar-refractivity contribution in [2.75, 3.05) is 6.61 Å². The summed E-state index contributed by atoms with van der Waals surface area (Å²) < 4.78 is 43.5.